The summed E-state index contributed by atoms with van der Waals surface area (Å²) in [5, 5.41) is 28.2. The number of aromatic hydroxyl groups is 3. The first-order valence-corrected chi connectivity index (χ1v) is 7.32. The third kappa shape index (κ3) is 3.09. The van der Waals surface area contributed by atoms with Crippen LogP contribution < -0.4 is 4.72 Å². The highest BCUT2D eigenvalue weighted by Gasteiger charge is 2.21. The lowest BCUT2D eigenvalue weighted by atomic mass is 10.2. The second kappa shape index (κ2) is 5.37. The van der Waals surface area contributed by atoms with Gasteiger partial charge in [-0.1, -0.05) is 24.8 Å². The highest BCUT2D eigenvalue weighted by Crippen LogP contribution is 2.35. The van der Waals surface area contributed by atoms with Crippen molar-refractivity contribution < 1.29 is 23.7 Å². The number of hydrogen-bond donors (Lipinski definition) is 4. The number of benzene rings is 2. The van der Waals surface area contributed by atoms with E-state index in [1.807, 2.05) is 0 Å². The molecule has 7 heteroatoms. The van der Waals surface area contributed by atoms with Gasteiger partial charge in [-0.15, -0.1) is 0 Å². The van der Waals surface area contributed by atoms with Crippen molar-refractivity contribution in [1.29, 1.82) is 0 Å². The van der Waals surface area contributed by atoms with Gasteiger partial charge in [-0.25, -0.2) is 8.42 Å². The molecule has 0 heterocycles. The topological polar surface area (TPSA) is 107 Å². The van der Waals surface area contributed by atoms with E-state index in [4.69, 9.17) is 0 Å². The summed E-state index contributed by atoms with van der Waals surface area (Å²) in [6.45, 7) is 3.59. The summed E-state index contributed by atoms with van der Waals surface area (Å²) in [4.78, 5) is -0.536. The van der Waals surface area contributed by atoms with E-state index in [2.05, 4.69) is 11.3 Å². The zero-order chi connectivity index (χ0) is 15.6. The molecule has 0 saturated carbocycles. The molecule has 110 valence electrons. The second-order valence-electron chi connectivity index (χ2n) is 4.24. The van der Waals surface area contributed by atoms with Crippen molar-refractivity contribution in [3.63, 3.8) is 0 Å². The molecule has 0 spiro atoms. The Kier molecular flexibility index (Phi) is 3.77. The van der Waals surface area contributed by atoms with Crippen molar-refractivity contribution in [2.75, 3.05) is 4.72 Å². The van der Waals surface area contributed by atoms with Gasteiger partial charge in [0.15, 0.2) is 11.5 Å². The fourth-order valence-corrected chi connectivity index (χ4v) is 2.82. The predicted octanol–water partition coefficient (Wildman–Crippen LogP) is 2.25. The Hall–Kier alpha value is -2.67. The Labute approximate surface area is 121 Å². The zero-order valence-corrected chi connectivity index (χ0v) is 11.6. The quantitative estimate of drug-likeness (QED) is 0.512. The first-order chi connectivity index (χ1) is 9.83. The Balaban J connectivity index is 2.38. The summed E-state index contributed by atoms with van der Waals surface area (Å²) in [6.07, 6.45) is 1.61. The van der Waals surface area contributed by atoms with E-state index in [1.165, 1.54) is 12.1 Å². The smallest absolute Gasteiger partial charge is 0.265 e. The molecule has 0 saturated heterocycles. The zero-order valence-electron chi connectivity index (χ0n) is 10.8. The molecule has 2 aromatic rings. The Morgan fingerprint density at radius 3 is 2.10 bits per heavy atom. The molecule has 6 nitrogen and oxygen atoms in total. The molecular weight excluding hydrogens is 294 g/mol. The van der Waals surface area contributed by atoms with E-state index in [-0.39, 0.29) is 5.69 Å². The predicted molar refractivity (Wildman–Crippen MR) is 78.8 cm³/mol. The third-order valence-corrected chi connectivity index (χ3v) is 4.15. The molecule has 0 radical (unpaired) electrons. The Morgan fingerprint density at radius 2 is 1.52 bits per heavy atom. The van der Waals surface area contributed by atoms with Gasteiger partial charge >= 0.3 is 0 Å². The lowest BCUT2D eigenvalue weighted by molar-refractivity contribution is 0.391. The van der Waals surface area contributed by atoms with Crippen molar-refractivity contribution in [2.45, 2.75) is 4.90 Å². The molecule has 0 amide bonds. The van der Waals surface area contributed by atoms with Gasteiger partial charge in [-0.2, -0.15) is 0 Å². The van der Waals surface area contributed by atoms with Crippen LogP contribution in [0.15, 0.2) is 47.9 Å². The maximum absolute atomic E-state index is 12.2. The van der Waals surface area contributed by atoms with Gasteiger partial charge in [0.05, 0.1) is 0 Å². The molecule has 21 heavy (non-hydrogen) atoms. The normalized spacial score (nSPS) is 11.0. The lowest BCUT2D eigenvalue weighted by Crippen LogP contribution is -2.13. The van der Waals surface area contributed by atoms with Crippen LogP contribution in [0.1, 0.15) is 5.56 Å². The Morgan fingerprint density at radius 1 is 0.952 bits per heavy atom. The SMILES string of the molecule is C=Cc1ccc(NS(=O)(=O)c2cc(O)c(O)cc2O)cc1. The first-order valence-electron chi connectivity index (χ1n) is 5.84. The largest absolute Gasteiger partial charge is 0.506 e. The van der Waals surface area contributed by atoms with Gasteiger partial charge in [0.25, 0.3) is 10.0 Å². The van der Waals surface area contributed by atoms with E-state index >= 15 is 0 Å². The fourth-order valence-electron chi connectivity index (χ4n) is 1.66. The summed E-state index contributed by atoms with van der Waals surface area (Å²) >= 11 is 0. The monoisotopic (exact) mass is 307 g/mol. The van der Waals surface area contributed by atoms with Crippen LogP contribution in [0, 0.1) is 0 Å². The van der Waals surface area contributed by atoms with E-state index in [0.29, 0.717) is 0 Å². The van der Waals surface area contributed by atoms with Crippen LogP contribution in [0.25, 0.3) is 6.08 Å². The average Bonchev–Trinajstić information content (AvgIpc) is 2.43. The minimum atomic E-state index is -4.10. The molecule has 0 aliphatic heterocycles. The molecule has 2 aromatic carbocycles. The number of phenolic OH excluding ortho intramolecular Hbond substituents is 3. The summed E-state index contributed by atoms with van der Waals surface area (Å²) in [6, 6.07) is 7.92. The molecule has 4 N–H and O–H groups in total. The van der Waals surface area contributed by atoms with Crippen molar-refractivity contribution in [3.8, 4) is 17.2 Å². The summed E-state index contributed by atoms with van der Waals surface area (Å²) < 4.78 is 26.6. The highest BCUT2D eigenvalue weighted by molar-refractivity contribution is 7.92. The third-order valence-electron chi connectivity index (χ3n) is 2.74. The van der Waals surface area contributed by atoms with Gasteiger partial charge in [-0.3, -0.25) is 4.72 Å². The Bertz CT molecular complexity index is 782. The van der Waals surface area contributed by atoms with E-state index in [9.17, 15) is 23.7 Å². The molecule has 0 aromatic heterocycles. The second-order valence-corrected chi connectivity index (χ2v) is 5.89. The van der Waals surface area contributed by atoms with Crippen LogP contribution >= 0.6 is 0 Å². The van der Waals surface area contributed by atoms with Crippen LogP contribution in [0.4, 0.5) is 5.69 Å². The minimum Gasteiger partial charge on any atom is -0.506 e. The van der Waals surface area contributed by atoms with Gasteiger partial charge in [0.2, 0.25) is 0 Å². The maximum Gasteiger partial charge on any atom is 0.265 e. The number of nitrogens with one attached hydrogen (secondary N) is 1. The summed E-state index contributed by atoms with van der Waals surface area (Å²) in [5.41, 5.74) is 1.11. The first kappa shape index (κ1) is 14.7. The minimum absolute atomic E-state index is 0.285. The van der Waals surface area contributed by atoms with Gasteiger partial charge < -0.3 is 15.3 Å². The van der Waals surface area contributed by atoms with Gasteiger partial charge in [-0.05, 0) is 17.7 Å². The van der Waals surface area contributed by atoms with Crippen molar-refractivity contribution in [1.82, 2.24) is 0 Å². The number of hydrogen-bond acceptors (Lipinski definition) is 5. The van der Waals surface area contributed by atoms with Crippen LogP contribution in [0.2, 0.25) is 0 Å². The maximum atomic E-state index is 12.2. The molecule has 0 atom stereocenters. The lowest BCUT2D eigenvalue weighted by Gasteiger charge is -2.10. The summed E-state index contributed by atoms with van der Waals surface area (Å²) in [5.74, 6) is -1.92. The van der Waals surface area contributed by atoms with E-state index in [0.717, 1.165) is 17.7 Å². The van der Waals surface area contributed by atoms with E-state index < -0.39 is 32.2 Å². The molecule has 0 unspecified atom stereocenters. The standard InChI is InChI=1S/C14H13NO5S/c1-2-9-3-5-10(6-4-9)15-21(19,20)14-8-12(17)11(16)7-13(14)18/h2-8,15-18H,1H2. The van der Waals surface area contributed by atoms with Gasteiger partial charge in [0.1, 0.15) is 10.6 Å². The highest BCUT2D eigenvalue weighted by atomic mass is 32.2. The van der Waals surface area contributed by atoms with Crippen molar-refractivity contribution >= 4 is 21.8 Å². The summed E-state index contributed by atoms with van der Waals surface area (Å²) in [7, 11) is -4.10. The number of rotatable bonds is 4. The molecule has 0 fully saturated rings. The van der Waals surface area contributed by atoms with Crippen molar-refractivity contribution in [3.05, 3.63) is 48.5 Å². The molecule has 0 aliphatic rings. The van der Waals surface area contributed by atoms with Crippen molar-refractivity contribution in [2.24, 2.45) is 0 Å². The molecule has 0 aliphatic carbocycles. The number of anilines is 1. The van der Waals surface area contributed by atoms with Crippen LogP contribution in [-0.2, 0) is 10.0 Å². The number of phenols is 3. The van der Waals surface area contributed by atoms with E-state index in [1.54, 1.807) is 18.2 Å². The number of sulfonamides is 1. The van der Waals surface area contributed by atoms with Crippen LogP contribution in [0.3, 0.4) is 0 Å². The van der Waals surface area contributed by atoms with Gasteiger partial charge in [0, 0.05) is 17.8 Å². The van der Waals surface area contributed by atoms with Crippen LogP contribution in [0.5, 0.6) is 17.2 Å². The molecule has 2 rings (SSSR count). The van der Waals surface area contributed by atoms with Crippen LogP contribution in [-0.4, -0.2) is 23.7 Å². The average molecular weight is 307 g/mol. The molecular formula is C14H13NO5S. The molecule has 0 bridgehead atoms. The fraction of sp³-hybridized carbons (Fsp3) is 0.